The molecule has 0 aliphatic heterocycles. The van der Waals surface area contributed by atoms with Crippen LogP contribution in [0.2, 0.25) is 0 Å². The van der Waals surface area contributed by atoms with Gasteiger partial charge in [0.2, 0.25) is 5.95 Å². The molecule has 0 aliphatic carbocycles. The van der Waals surface area contributed by atoms with Crippen molar-refractivity contribution in [2.75, 3.05) is 11.4 Å². The molecule has 4 nitrogen and oxygen atoms in total. The molecule has 1 rings (SSSR count). The fourth-order valence-electron chi connectivity index (χ4n) is 1.84. The highest BCUT2D eigenvalue weighted by atomic mass is 16.3. The molecule has 0 fully saturated rings. The molecule has 1 unspecified atom stereocenters. The second kappa shape index (κ2) is 7.31. The highest BCUT2D eigenvalue weighted by Crippen LogP contribution is 2.16. The number of anilines is 1. The predicted molar refractivity (Wildman–Crippen MR) is 74.7 cm³/mol. The van der Waals surface area contributed by atoms with Crippen LogP contribution >= 0.6 is 0 Å². The summed E-state index contributed by atoms with van der Waals surface area (Å²) in [7, 11) is 0. The fraction of sp³-hybridized carbons (Fsp3) is 0.714. The number of hydrogen-bond acceptors (Lipinski definition) is 4. The maximum Gasteiger partial charge on any atom is 0.225 e. The van der Waals surface area contributed by atoms with Crippen LogP contribution in [0.1, 0.15) is 51.3 Å². The average molecular weight is 251 g/mol. The van der Waals surface area contributed by atoms with Crippen LogP contribution in [0.4, 0.5) is 5.95 Å². The standard InChI is InChI=1S/C14H25N3O/c1-5-7-8-17(11(3)6-2)14-15-9-13(10-18)12(4)16-14/h9,11,18H,5-8,10H2,1-4H3. The van der Waals surface area contributed by atoms with Gasteiger partial charge in [0.25, 0.3) is 0 Å². The molecule has 0 aliphatic rings. The molecule has 1 N–H and O–H groups in total. The van der Waals surface area contributed by atoms with Gasteiger partial charge in [0.15, 0.2) is 0 Å². The summed E-state index contributed by atoms with van der Waals surface area (Å²) in [5, 5.41) is 9.15. The van der Waals surface area contributed by atoms with Crippen molar-refractivity contribution in [3.8, 4) is 0 Å². The molecule has 0 radical (unpaired) electrons. The molecule has 0 amide bonds. The number of aromatic nitrogens is 2. The third-order valence-electron chi connectivity index (χ3n) is 3.37. The lowest BCUT2D eigenvalue weighted by molar-refractivity contribution is 0.280. The van der Waals surface area contributed by atoms with E-state index in [1.807, 2.05) is 6.92 Å². The SMILES string of the molecule is CCCCN(c1ncc(CO)c(C)n1)C(C)CC. The first kappa shape index (κ1) is 14.9. The van der Waals surface area contributed by atoms with Crippen LogP contribution in [-0.2, 0) is 6.61 Å². The Morgan fingerprint density at radius 2 is 2.11 bits per heavy atom. The van der Waals surface area contributed by atoms with Gasteiger partial charge in [-0.25, -0.2) is 9.97 Å². The van der Waals surface area contributed by atoms with Crippen molar-refractivity contribution in [3.63, 3.8) is 0 Å². The van der Waals surface area contributed by atoms with Crippen molar-refractivity contribution >= 4 is 5.95 Å². The zero-order valence-electron chi connectivity index (χ0n) is 12.0. The lowest BCUT2D eigenvalue weighted by Crippen LogP contribution is -2.35. The van der Waals surface area contributed by atoms with Crippen LogP contribution in [0.5, 0.6) is 0 Å². The van der Waals surface area contributed by atoms with Gasteiger partial charge in [-0.05, 0) is 26.7 Å². The Bertz CT molecular complexity index is 368. The van der Waals surface area contributed by atoms with E-state index in [-0.39, 0.29) is 6.61 Å². The Kier molecular flexibility index (Phi) is 6.05. The second-order valence-corrected chi connectivity index (χ2v) is 4.74. The lowest BCUT2D eigenvalue weighted by atomic mass is 10.2. The number of hydrogen-bond donors (Lipinski definition) is 1. The molecule has 0 bridgehead atoms. The van der Waals surface area contributed by atoms with E-state index in [2.05, 4.69) is 35.6 Å². The third-order valence-corrected chi connectivity index (χ3v) is 3.37. The Labute approximate surface area is 110 Å². The summed E-state index contributed by atoms with van der Waals surface area (Å²) < 4.78 is 0. The number of aryl methyl sites for hydroxylation is 1. The van der Waals surface area contributed by atoms with E-state index in [4.69, 9.17) is 5.11 Å². The van der Waals surface area contributed by atoms with E-state index >= 15 is 0 Å². The van der Waals surface area contributed by atoms with Crippen LogP contribution in [-0.4, -0.2) is 27.7 Å². The fourth-order valence-corrected chi connectivity index (χ4v) is 1.84. The highest BCUT2D eigenvalue weighted by molar-refractivity contribution is 5.34. The maximum atomic E-state index is 9.15. The van der Waals surface area contributed by atoms with Crippen LogP contribution in [0.3, 0.4) is 0 Å². The summed E-state index contributed by atoms with van der Waals surface area (Å²) in [5.41, 5.74) is 1.67. The molecular weight excluding hydrogens is 226 g/mol. The van der Waals surface area contributed by atoms with Gasteiger partial charge in [-0.1, -0.05) is 20.3 Å². The van der Waals surface area contributed by atoms with E-state index in [1.54, 1.807) is 6.20 Å². The van der Waals surface area contributed by atoms with Gasteiger partial charge in [-0.3, -0.25) is 0 Å². The minimum atomic E-state index is 0.00437. The monoisotopic (exact) mass is 251 g/mol. The summed E-state index contributed by atoms with van der Waals surface area (Å²) in [6, 6.07) is 0.441. The Morgan fingerprint density at radius 1 is 1.39 bits per heavy atom. The second-order valence-electron chi connectivity index (χ2n) is 4.74. The number of aliphatic hydroxyl groups excluding tert-OH is 1. The Morgan fingerprint density at radius 3 is 2.61 bits per heavy atom. The Hall–Kier alpha value is -1.16. The van der Waals surface area contributed by atoms with E-state index in [0.29, 0.717) is 6.04 Å². The molecule has 18 heavy (non-hydrogen) atoms. The molecule has 0 spiro atoms. The van der Waals surface area contributed by atoms with E-state index in [9.17, 15) is 0 Å². The highest BCUT2D eigenvalue weighted by Gasteiger charge is 2.15. The molecule has 4 heteroatoms. The van der Waals surface area contributed by atoms with Crippen molar-refractivity contribution in [2.24, 2.45) is 0 Å². The van der Waals surface area contributed by atoms with E-state index < -0.39 is 0 Å². The van der Waals surface area contributed by atoms with Crippen LogP contribution < -0.4 is 4.90 Å². The predicted octanol–water partition coefficient (Wildman–Crippen LogP) is 2.68. The van der Waals surface area contributed by atoms with Crippen molar-refractivity contribution in [2.45, 2.75) is 59.6 Å². The molecule has 0 aromatic carbocycles. The topological polar surface area (TPSA) is 49.2 Å². The summed E-state index contributed by atoms with van der Waals surface area (Å²) >= 11 is 0. The molecule has 0 saturated carbocycles. The average Bonchev–Trinajstić information content (AvgIpc) is 2.39. The largest absolute Gasteiger partial charge is 0.392 e. The first-order valence-electron chi connectivity index (χ1n) is 6.84. The molecule has 1 atom stereocenters. The molecule has 102 valence electrons. The molecule has 1 aromatic heterocycles. The van der Waals surface area contributed by atoms with Gasteiger partial charge in [0.1, 0.15) is 0 Å². The first-order valence-corrected chi connectivity index (χ1v) is 6.84. The van der Waals surface area contributed by atoms with Crippen molar-refractivity contribution in [3.05, 3.63) is 17.5 Å². The van der Waals surface area contributed by atoms with Crippen molar-refractivity contribution in [1.82, 2.24) is 9.97 Å². The van der Waals surface area contributed by atoms with Crippen LogP contribution in [0.25, 0.3) is 0 Å². The summed E-state index contributed by atoms with van der Waals surface area (Å²) in [6.07, 6.45) is 5.13. The van der Waals surface area contributed by atoms with Crippen molar-refractivity contribution < 1.29 is 5.11 Å². The lowest BCUT2D eigenvalue weighted by Gasteiger charge is -2.28. The molecule has 1 heterocycles. The van der Waals surface area contributed by atoms with Gasteiger partial charge in [-0.15, -0.1) is 0 Å². The summed E-state index contributed by atoms with van der Waals surface area (Å²) in [6.45, 7) is 9.49. The molecule has 1 aromatic rings. The zero-order chi connectivity index (χ0) is 13.5. The van der Waals surface area contributed by atoms with E-state index in [1.165, 1.54) is 6.42 Å². The van der Waals surface area contributed by atoms with Gasteiger partial charge in [0, 0.05) is 30.0 Å². The van der Waals surface area contributed by atoms with Crippen LogP contribution in [0, 0.1) is 6.92 Å². The van der Waals surface area contributed by atoms with Crippen molar-refractivity contribution in [1.29, 1.82) is 0 Å². The number of nitrogens with zero attached hydrogens (tertiary/aromatic N) is 3. The minimum absolute atomic E-state index is 0.00437. The summed E-state index contributed by atoms with van der Waals surface area (Å²) in [5.74, 6) is 0.785. The summed E-state index contributed by atoms with van der Waals surface area (Å²) in [4.78, 5) is 11.2. The first-order chi connectivity index (χ1) is 8.63. The molecular formula is C14H25N3O. The van der Waals surface area contributed by atoms with Gasteiger partial charge in [0.05, 0.1) is 6.61 Å². The van der Waals surface area contributed by atoms with Gasteiger partial charge < -0.3 is 10.0 Å². The van der Waals surface area contributed by atoms with Gasteiger partial charge in [-0.2, -0.15) is 0 Å². The smallest absolute Gasteiger partial charge is 0.225 e. The van der Waals surface area contributed by atoms with E-state index in [0.717, 1.165) is 36.6 Å². The minimum Gasteiger partial charge on any atom is -0.392 e. The van der Waals surface area contributed by atoms with Gasteiger partial charge >= 0.3 is 0 Å². The number of aliphatic hydroxyl groups is 1. The maximum absolute atomic E-state index is 9.15. The van der Waals surface area contributed by atoms with Crippen LogP contribution in [0.15, 0.2) is 6.20 Å². The number of unbranched alkanes of at least 4 members (excludes halogenated alkanes) is 1. The number of rotatable bonds is 7. The quantitative estimate of drug-likeness (QED) is 0.809. The zero-order valence-corrected chi connectivity index (χ0v) is 12.0. The molecule has 0 saturated heterocycles. The normalized spacial score (nSPS) is 12.5. The third kappa shape index (κ3) is 3.67. The Balaban J connectivity index is 2.93.